The molecule has 4 aliphatic carbocycles. The largest absolute Gasteiger partial charge is 0.348 e. The van der Waals surface area contributed by atoms with Crippen molar-refractivity contribution in [3.05, 3.63) is 17.7 Å². The summed E-state index contributed by atoms with van der Waals surface area (Å²) in [5.74, 6) is 5.05. The number of nitrogens with zero attached hydrogens (tertiary/aromatic N) is 1. The highest BCUT2D eigenvalue weighted by Crippen LogP contribution is 2.57. The maximum atomic E-state index is 6.46. The molecule has 0 amide bonds. The van der Waals surface area contributed by atoms with Gasteiger partial charge in [0.1, 0.15) is 0 Å². The van der Waals surface area contributed by atoms with E-state index in [1.165, 1.54) is 49.9 Å². The molecule has 4 fully saturated rings. The number of H-pyrrole nitrogens is 1. The topological polar surface area (TPSA) is 54.7 Å². The SMILES string of the molecule is Cc1[nH]cnc1CC(N)CC1C2CC3CC(C2)CC1C3. The summed E-state index contributed by atoms with van der Waals surface area (Å²) in [7, 11) is 0. The molecule has 1 atom stereocenters. The number of aryl methyl sites for hydroxylation is 1. The molecule has 4 bridgehead atoms. The second-order valence-corrected chi connectivity index (χ2v) is 7.77. The summed E-state index contributed by atoms with van der Waals surface area (Å²) in [4.78, 5) is 7.57. The van der Waals surface area contributed by atoms with E-state index in [1.807, 2.05) is 0 Å². The van der Waals surface area contributed by atoms with Crippen molar-refractivity contribution in [1.82, 2.24) is 9.97 Å². The van der Waals surface area contributed by atoms with Gasteiger partial charge in [-0.15, -0.1) is 0 Å². The van der Waals surface area contributed by atoms with E-state index in [4.69, 9.17) is 5.73 Å². The van der Waals surface area contributed by atoms with Gasteiger partial charge in [0.05, 0.1) is 12.0 Å². The molecular formula is C17H27N3. The van der Waals surface area contributed by atoms with Crippen molar-refractivity contribution in [1.29, 1.82) is 0 Å². The van der Waals surface area contributed by atoms with E-state index in [2.05, 4.69) is 16.9 Å². The van der Waals surface area contributed by atoms with Crippen molar-refractivity contribution in [2.75, 3.05) is 0 Å². The number of imidazole rings is 1. The van der Waals surface area contributed by atoms with Crippen LogP contribution in [0.3, 0.4) is 0 Å². The first kappa shape index (κ1) is 12.9. The van der Waals surface area contributed by atoms with Crippen LogP contribution >= 0.6 is 0 Å². The minimum absolute atomic E-state index is 0.291. The van der Waals surface area contributed by atoms with Crippen LogP contribution in [0.25, 0.3) is 0 Å². The molecule has 4 aliphatic rings. The van der Waals surface area contributed by atoms with Gasteiger partial charge in [0.25, 0.3) is 0 Å². The Bertz CT molecular complexity index is 450. The van der Waals surface area contributed by atoms with Crippen LogP contribution in [0.4, 0.5) is 0 Å². The van der Waals surface area contributed by atoms with Gasteiger partial charge in [0, 0.05) is 18.2 Å². The molecule has 3 heteroatoms. The third kappa shape index (κ3) is 2.20. The van der Waals surface area contributed by atoms with E-state index in [-0.39, 0.29) is 0 Å². The zero-order valence-corrected chi connectivity index (χ0v) is 12.5. The van der Waals surface area contributed by atoms with Crippen molar-refractivity contribution in [3.8, 4) is 0 Å². The lowest BCUT2D eigenvalue weighted by atomic mass is 9.51. The highest BCUT2D eigenvalue weighted by Gasteiger charge is 2.48. The fourth-order valence-electron chi connectivity index (χ4n) is 5.70. The molecule has 20 heavy (non-hydrogen) atoms. The average Bonchev–Trinajstić information content (AvgIpc) is 2.79. The van der Waals surface area contributed by atoms with Crippen molar-refractivity contribution in [3.63, 3.8) is 0 Å². The van der Waals surface area contributed by atoms with Gasteiger partial charge < -0.3 is 10.7 Å². The zero-order valence-electron chi connectivity index (χ0n) is 12.5. The first-order chi connectivity index (χ1) is 9.69. The molecule has 3 nitrogen and oxygen atoms in total. The molecule has 5 rings (SSSR count). The van der Waals surface area contributed by atoms with Crippen LogP contribution in [0.1, 0.15) is 49.9 Å². The van der Waals surface area contributed by atoms with Crippen molar-refractivity contribution >= 4 is 0 Å². The lowest BCUT2D eigenvalue weighted by Gasteiger charge is -2.55. The summed E-state index contributed by atoms with van der Waals surface area (Å²) < 4.78 is 0. The molecule has 3 N–H and O–H groups in total. The molecule has 1 heterocycles. The zero-order chi connectivity index (χ0) is 13.7. The molecule has 0 aliphatic heterocycles. The Morgan fingerprint density at radius 2 is 1.85 bits per heavy atom. The van der Waals surface area contributed by atoms with Gasteiger partial charge >= 0.3 is 0 Å². The first-order valence-electron chi connectivity index (χ1n) is 8.43. The highest BCUT2D eigenvalue weighted by molar-refractivity contribution is 5.10. The number of hydrogen-bond donors (Lipinski definition) is 2. The van der Waals surface area contributed by atoms with Gasteiger partial charge in [-0.05, 0) is 75.0 Å². The number of nitrogens with two attached hydrogens (primary N) is 1. The monoisotopic (exact) mass is 273 g/mol. The number of aromatic amines is 1. The minimum Gasteiger partial charge on any atom is -0.348 e. The molecule has 1 aromatic rings. The van der Waals surface area contributed by atoms with Crippen molar-refractivity contribution in [2.45, 2.75) is 57.9 Å². The number of nitrogens with one attached hydrogen (secondary N) is 1. The predicted molar refractivity (Wildman–Crippen MR) is 80.2 cm³/mol. The van der Waals surface area contributed by atoms with Gasteiger partial charge in [0.2, 0.25) is 0 Å². The summed E-state index contributed by atoms with van der Waals surface area (Å²) in [6, 6.07) is 0.291. The molecule has 0 aromatic carbocycles. The Morgan fingerprint density at radius 1 is 1.20 bits per heavy atom. The molecule has 0 saturated heterocycles. The Balaban J connectivity index is 1.40. The molecule has 0 spiro atoms. The molecule has 0 radical (unpaired) electrons. The standard InChI is InChI=1S/C17H27N3/c1-10-17(20-9-19-10)8-15(18)7-16-13-3-11-2-12(5-13)6-14(16)4-11/h9,11-16H,2-8,18H2,1H3,(H,19,20). The normalized spacial score (nSPS) is 40.2. The highest BCUT2D eigenvalue weighted by atomic mass is 14.9. The van der Waals surface area contributed by atoms with Crippen LogP contribution in [-0.4, -0.2) is 16.0 Å². The summed E-state index contributed by atoms with van der Waals surface area (Å²) in [5, 5.41) is 0. The number of rotatable bonds is 4. The Morgan fingerprint density at radius 3 is 2.40 bits per heavy atom. The lowest BCUT2D eigenvalue weighted by Crippen LogP contribution is -2.47. The van der Waals surface area contributed by atoms with Gasteiger partial charge in [-0.1, -0.05) is 0 Å². The molecule has 1 unspecified atom stereocenters. The second-order valence-electron chi connectivity index (χ2n) is 7.77. The minimum atomic E-state index is 0.291. The maximum absolute atomic E-state index is 6.46. The Kier molecular flexibility index (Phi) is 3.13. The molecule has 4 saturated carbocycles. The summed E-state index contributed by atoms with van der Waals surface area (Å²) >= 11 is 0. The third-order valence-electron chi connectivity index (χ3n) is 6.39. The molecule has 110 valence electrons. The van der Waals surface area contributed by atoms with Crippen LogP contribution in [0.2, 0.25) is 0 Å². The average molecular weight is 273 g/mol. The van der Waals surface area contributed by atoms with Crippen LogP contribution in [0.15, 0.2) is 6.33 Å². The van der Waals surface area contributed by atoms with Crippen LogP contribution < -0.4 is 5.73 Å². The smallest absolute Gasteiger partial charge is 0.0925 e. The van der Waals surface area contributed by atoms with Crippen LogP contribution in [0.5, 0.6) is 0 Å². The summed E-state index contributed by atoms with van der Waals surface area (Å²) in [6.45, 7) is 2.10. The second kappa shape index (κ2) is 4.87. The fourth-order valence-corrected chi connectivity index (χ4v) is 5.70. The molecule has 1 aromatic heterocycles. The lowest BCUT2D eigenvalue weighted by molar-refractivity contribution is -0.0419. The van der Waals surface area contributed by atoms with E-state index >= 15 is 0 Å². The van der Waals surface area contributed by atoms with Gasteiger partial charge in [-0.3, -0.25) is 0 Å². The quantitative estimate of drug-likeness (QED) is 0.886. The number of hydrogen-bond acceptors (Lipinski definition) is 2. The summed E-state index contributed by atoms with van der Waals surface area (Å²) in [6.07, 6.45) is 11.5. The van der Waals surface area contributed by atoms with Crippen LogP contribution in [-0.2, 0) is 6.42 Å². The summed E-state index contributed by atoms with van der Waals surface area (Å²) in [5.41, 5.74) is 8.81. The fraction of sp³-hybridized carbons (Fsp3) is 0.824. The van der Waals surface area contributed by atoms with E-state index in [0.717, 1.165) is 36.0 Å². The molecular weight excluding hydrogens is 246 g/mol. The van der Waals surface area contributed by atoms with E-state index in [1.54, 1.807) is 6.33 Å². The predicted octanol–water partition coefficient (Wildman–Crippen LogP) is 3.05. The van der Waals surface area contributed by atoms with Crippen molar-refractivity contribution in [2.24, 2.45) is 35.3 Å². The van der Waals surface area contributed by atoms with E-state index in [0.29, 0.717) is 6.04 Å². The van der Waals surface area contributed by atoms with E-state index in [9.17, 15) is 0 Å². The van der Waals surface area contributed by atoms with Gasteiger partial charge in [-0.2, -0.15) is 0 Å². The third-order valence-corrected chi connectivity index (χ3v) is 6.39. The van der Waals surface area contributed by atoms with Crippen LogP contribution in [0, 0.1) is 36.5 Å². The first-order valence-corrected chi connectivity index (χ1v) is 8.43. The van der Waals surface area contributed by atoms with Gasteiger partial charge in [-0.25, -0.2) is 4.98 Å². The Hall–Kier alpha value is -0.830. The maximum Gasteiger partial charge on any atom is 0.0925 e. The number of aromatic nitrogens is 2. The van der Waals surface area contributed by atoms with E-state index < -0.39 is 0 Å². The van der Waals surface area contributed by atoms with Crippen molar-refractivity contribution < 1.29 is 0 Å². The Labute approximate surface area is 121 Å². The van der Waals surface area contributed by atoms with Gasteiger partial charge in [0.15, 0.2) is 0 Å².